The van der Waals surface area contributed by atoms with Crippen LogP contribution in [0.1, 0.15) is 25.7 Å². The van der Waals surface area contributed by atoms with Gasteiger partial charge in [0, 0.05) is 37.9 Å². The molecule has 1 aromatic rings. The number of piperazine rings is 1. The van der Waals surface area contributed by atoms with Gasteiger partial charge in [-0.05, 0) is 37.1 Å². The van der Waals surface area contributed by atoms with E-state index in [1.54, 1.807) is 7.11 Å². The highest BCUT2D eigenvalue weighted by Crippen LogP contribution is 2.20. The zero-order valence-electron chi connectivity index (χ0n) is 15.4. The number of rotatable bonds is 5. The third-order valence-electron chi connectivity index (χ3n) is 5.12. The Morgan fingerprint density at radius 2 is 1.73 bits per heavy atom. The summed E-state index contributed by atoms with van der Waals surface area (Å²) in [7, 11) is 1.66. The molecule has 0 aromatic heterocycles. The lowest BCUT2D eigenvalue weighted by molar-refractivity contribution is -0.121. The fourth-order valence-corrected chi connectivity index (χ4v) is 3.62. The molecule has 1 heterocycles. The van der Waals surface area contributed by atoms with Gasteiger partial charge < -0.3 is 15.0 Å². The zero-order valence-corrected chi connectivity index (χ0v) is 15.4. The van der Waals surface area contributed by atoms with Crippen LogP contribution in [0.5, 0.6) is 5.75 Å². The lowest BCUT2D eigenvalue weighted by atomic mass is 10.2. The first kappa shape index (κ1) is 18.5. The van der Waals surface area contributed by atoms with Gasteiger partial charge >= 0.3 is 6.03 Å². The number of nitrogens with one attached hydrogen (secondary N) is 2. The number of ether oxygens (including phenoxy) is 1. The maximum atomic E-state index is 12.1. The normalized spacial score (nSPS) is 18.6. The number of benzene rings is 1. The number of carbonyl (C=O) groups excluding carboxylic acids is 2. The maximum Gasteiger partial charge on any atom is 0.321 e. The summed E-state index contributed by atoms with van der Waals surface area (Å²) in [6, 6.07) is 7.87. The van der Waals surface area contributed by atoms with E-state index in [-0.39, 0.29) is 24.5 Å². The van der Waals surface area contributed by atoms with Crippen LogP contribution in [0.3, 0.4) is 0 Å². The Hall–Kier alpha value is -2.28. The van der Waals surface area contributed by atoms with Crippen LogP contribution in [0.4, 0.5) is 10.5 Å². The second-order valence-electron chi connectivity index (χ2n) is 6.96. The van der Waals surface area contributed by atoms with E-state index in [1.807, 2.05) is 12.1 Å². The summed E-state index contributed by atoms with van der Waals surface area (Å²) < 4.78 is 5.19. The molecule has 26 heavy (non-hydrogen) atoms. The van der Waals surface area contributed by atoms with Gasteiger partial charge in [-0.15, -0.1) is 0 Å². The van der Waals surface area contributed by atoms with Crippen molar-refractivity contribution in [2.75, 3.05) is 44.7 Å². The van der Waals surface area contributed by atoms with E-state index in [2.05, 4.69) is 32.6 Å². The molecule has 0 spiro atoms. The van der Waals surface area contributed by atoms with Crippen LogP contribution < -0.4 is 20.3 Å². The van der Waals surface area contributed by atoms with E-state index >= 15 is 0 Å². The number of hydrogen-bond donors (Lipinski definition) is 2. The smallest absolute Gasteiger partial charge is 0.321 e. The molecule has 0 atom stereocenters. The summed E-state index contributed by atoms with van der Waals surface area (Å²) in [5, 5.41) is 5.33. The van der Waals surface area contributed by atoms with Gasteiger partial charge in [0.15, 0.2) is 0 Å². The van der Waals surface area contributed by atoms with E-state index in [0.717, 1.165) is 63.3 Å². The monoisotopic (exact) mass is 360 g/mol. The van der Waals surface area contributed by atoms with Crippen molar-refractivity contribution in [2.24, 2.45) is 0 Å². The molecule has 0 radical (unpaired) electrons. The van der Waals surface area contributed by atoms with Crippen molar-refractivity contribution in [3.63, 3.8) is 0 Å². The van der Waals surface area contributed by atoms with Crippen LogP contribution >= 0.6 is 0 Å². The molecule has 142 valence electrons. The van der Waals surface area contributed by atoms with Gasteiger partial charge in [-0.25, -0.2) is 4.79 Å². The molecule has 2 N–H and O–H groups in total. The zero-order chi connectivity index (χ0) is 18.4. The molecule has 7 heteroatoms. The van der Waals surface area contributed by atoms with Crippen molar-refractivity contribution < 1.29 is 14.3 Å². The largest absolute Gasteiger partial charge is 0.497 e. The predicted molar refractivity (Wildman–Crippen MR) is 101 cm³/mol. The molecule has 3 rings (SSSR count). The Bertz CT molecular complexity index is 606. The number of imide groups is 1. The molecule has 1 saturated heterocycles. The lowest BCUT2D eigenvalue weighted by Crippen LogP contribution is -2.51. The molecule has 2 fully saturated rings. The van der Waals surface area contributed by atoms with Crippen molar-refractivity contribution >= 4 is 17.6 Å². The summed E-state index contributed by atoms with van der Waals surface area (Å²) in [4.78, 5) is 28.3. The van der Waals surface area contributed by atoms with Crippen LogP contribution in [0.15, 0.2) is 24.3 Å². The minimum absolute atomic E-state index is 0.218. The van der Waals surface area contributed by atoms with Crippen molar-refractivity contribution in [3.8, 4) is 5.75 Å². The van der Waals surface area contributed by atoms with Crippen LogP contribution in [0, 0.1) is 0 Å². The quantitative estimate of drug-likeness (QED) is 0.834. The summed E-state index contributed by atoms with van der Waals surface area (Å²) in [5.41, 5.74) is 1.16. The van der Waals surface area contributed by atoms with Gasteiger partial charge in [0.1, 0.15) is 5.75 Å². The molecule has 1 aliphatic carbocycles. The molecule has 1 aromatic carbocycles. The average molecular weight is 360 g/mol. The third kappa shape index (κ3) is 5.11. The Morgan fingerprint density at radius 1 is 1.08 bits per heavy atom. The van der Waals surface area contributed by atoms with Crippen molar-refractivity contribution in [3.05, 3.63) is 24.3 Å². The Balaban J connectivity index is 1.38. The van der Waals surface area contributed by atoms with Gasteiger partial charge in [0.25, 0.3) is 0 Å². The summed E-state index contributed by atoms with van der Waals surface area (Å²) in [5.74, 6) is 0.610. The van der Waals surface area contributed by atoms with E-state index in [9.17, 15) is 9.59 Å². The SMILES string of the molecule is COc1ccc(N2CCN(CC(=O)NC(=O)NC3CCCC3)CC2)cc1. The highest BCUT2D eigenvalue weighted by molar-refractivity contribution is 5.95. The molecule has 3 amide bonds. The standard InChI is InChI=1S/C19H28N4O3/c1-26-17-8-6-16(7-9-17)23-12-10-22(11-13-23)14-18(24)21-19(25)20-15-4-2-3-5-15/h6-9,15H,2-5,10-14H2,1H3,(H2,20,21,24,25). The fourth-order valence-electron chi connectivity index (χ4n) is 3.62. The number of anilines is 1. The topological polar surface area (TPSA) is 73.9 Å². The molecule has 7 nitrogen and oxygen atoms in total. The van der Waals surface area contributed by atoms with Crippen molar-refractivity contribution in [1.29, 1.82) is 0 Å². The molecule has 1 saturated carbocycles. The van der Waals surface area contributed by atoms with E-state index in [1.165, 1.54) is 0 Å². The van der Waals surface area contributed by atoms with Crippen molar-refractivity contribution in [1.82, 2.24) is 15.5 Å². The Kier molecular flexibility index (Phi) is 6.33. The van der Waals surface area contributed by atoms with Crippen LogP contribution in [0.2, 0.25) is 0 Å². The molecular weight excluding hydrogens is 332 g/mol. The predicted octanol–water partition coefficient (Wildman–Crippen LogP) is 1.59. The van der Waals surface area contributed by atoms with Gasteiger partial charge in [0.2, 0.25) is 5.91 Å². The van der Waals surface area contributed by atoms with E-state index in [4.69, 9.17) is 4.74 Å². The van der Waals surface area contributed by atoms with Gasteiger partial charge in [-0.3, -0.25) is 15.0 Å². The second kappa shape index (κ2) is 8.89. The first-order chi connectivity index (χ1) is 12.6. The first-order valence-electron chi connectivity index (χ1n) is 9.36. The van der Waals surface area contributed by atoms with Crippen LogP contribution in [-0.4, -0.2) is 62.7 Å². The summed E-state index contributed by atoms with van der Waals surface area (Å²) in [6.07, 6.45) is 4.32. The number of methoxy groups -OCH3 is 1. The van der Waals surface area contributed by atoms with Gasteiger partial charge in [0.05, 0.1) is 13.7 Å². The minimum Gasteiger partial charge on any atom is -0.497 e. The Labute approximate surface area is 154 Å². The van der Waals surface area contributed by atoms with Gasteiger partial charge in [-0.2, -0.15) is 0 Å². The summed E-state index contributed by atoms with van der Waals surface area (Å²) >= 11 is 0. The number of nitrogens with zero attached hydrogens (tertiary/aromatic N) is 2. The number of hydrogen-bond acceptors (Lipinski definition) is 5. The molecule has 1 aliphatic heterocycles. The maximum absolute atomic E-state index is 12.1. The highest BCUT2D eigenvalue weighted by Gasteiger charge is 2.21. The van der Waals surface area contributed by atoms with E-state index in [0.29, 0.717) is 0 Å². The molecule has 0 bridgehead atoms. The summed E-state index contributed by atoms with van der Waals surface area (Å²) in [6.45, 7) is 3.56. The fraction of sp³-hybridized carbons (Fsp3) is 0.579. The van der Waals surface area contributed by atoms with E-state index < -0.39 is 0 Å². The minimum atomic E-state index is -0.362. The van der Waals surface area contributed by atoms with Crippen molar-refractivity contribution in [2.45, 2.75) is 31.7 Å². The number of urea groups is 1. The third-order valence-corrected chi connectivity index (χ3v) is 5.12. The first-order valence-corrected chi connectivity index (χ1v) is 9.36. The number of amides is 3. The van der Waals surface area contributed by atoms with Crippen LogP contribution in [0.25, 0.3) is 0 Å². The van der Waals surface area contributed by atoms with Gasteiger partial charge in [-0.1, -0.05) is 12.8 Å². The highest BCUT2D eigenvalue weighted by atomic mass is 16.5. The second-order valence-corrected chi connectivity index (χ2v) is 6.96. The lowest BCUT2D eigenvalue weighted by Gasteiger charge is -2.35. The average Bonchev–Trinajstić information content (AvgIpc) is 3.15. The Morgan fingerprint density at radius 3 is 2.35 bits per heavy atom. The van der Waals surface area contributed by atoms with Crippen LogP contribution in [-0.2, 0) is 4.79 Å². The molecular formula is C19H28N4O3. The number of carbonyl (C=O) groups is 2. The molecule has 2 aliphatic rings. The molecule has 0 unspecified atom stereocenters.